The van der Waals surface area contributed by atoms with Crippen molar-refractivity contribution >= 4 is 51.5 Å². The Kier molecular flexibility index (Phi) is 5.62. The van der Waals surface area contributed by atoms with Crippen LogP contribution in [0.2, 0.25) is 0 Å². The topological polar surface area (TPSA) is 210 Å². The molecule has 15 heteroatoms. The highest BCUT2D eigenvalue weighted by Crippen LogP contribution is 2.38. The zero-order chi connectivity index (χ0) is 27.7. The second kappa shape index (κ2) is 8.81. The molecule has 1 aliphatic heterocycles. The number of fused-ring (bicyclic) bond motifs is 4. The van der Waals surface area contributed by atoms with Gasteiger partial charge in [0.25, 0.3) is 5.56 Å². The van der Waals surface area contributed by atoms with Gasteiger partial charge in [-0.05, 0) is 25.5 Å². The molecule has 0 radical (unpaired) electrons. The molecule has 0 aliphatic carbocycles. The number of nitrogens with one attached hydrogen (secondary N) is 1. The summed E-state index contributed by atoms with van der Waals surface area (Å²) in [5, 5.41) is 30.9. The maximum absolute atomic E-state index is 13.2. The van der Waals surface area contributed by atoms with E-state index in [1.165, 1.54) is 22.6 Å². The van der Waals surface area contributed by atoms with Crippen molar-refractivity contribution in [2.24, 2.45) is 0 Å². The van der Waals surface area contributed by atoms with Crippen molar-refractivity contribution in [3.8, 4) is 0 Å². The van der Waals surface area contributed by atoms with Crippen LogP contribution in [0.3, 0.4) is 0 Å². The number of nitrogens with zero attached hydrogens (tertiary/aromatic N) is 7. The molecule has 202 valence electrons. The number of carbonyl (C=O) groups is 1. The zero-order valence-corrected chi connectivity index (χ0v) is 21.1. The average molecular weight is 536 g/mol. The third-order valence-electron chi connectivity index (χ3n) is 6.95. The first-order valence-corrected chi connectivity index (χ1v) is 12.1. The Balaban J connectivity index is 1.63. The predicted octanol–water partition coefficient (Wildman–Crippen LogP) is -0.189. The van der Waals surface area contributed by atoms with Gasteiger partial charge in [-0.2, -0.15) is 4.98 Å². The number of hydrogen-bond acceptors (Lipinski definition) is 11. The Morgan fingerprint density at radius 3 is 2.62 bits per heavy atom. The number of imidazole rings is 2. The van der Waals surface area contributed by atoms with Gasteiger partial charge >= 0.3 is 0 Å². The summed E-state index contributed by atoms with van der Waals surface area (Å²) in [5.41, 5.74) is 8.52. The van der Waals surface area contributed by atoms with Gasteiger partial charge in [0.1, 0.15) is 29.5 Å². The van der Waals surface area contributed by atoms with E-state index in [-0.39, 0.29) is 23.1 Å². The molecule has 15 nitrogen and oxygen atoms in total. The normalized spacial score (nSPS) is 21.4. The number of H-pyrrole nitrogens is 1. The number of anilines is 3. The van der Waals surface area contributed by atoms with Gasteiger partial charge in [-0.15, -0.1) is 0 Å². The molecule has 0 saturated carbocycles. The van der Waals surface area contributed by atoms with Gasteiger partial charge in [-0.3, -0.25) is 23.5 Å². The fourth-order valence-corrected chi connectivity index (χ4v) is 5.03. The second-order valence-electron chi connectivity index (χ2n) is 9.43. The monoisotopic (exact) mass is 535 g/mol. The molecule has 5 aromatic rings. The molecule has 6 rings (SSSR count). The molecule has 0 aromatic carbocycles. The van der Waals surface area contributed by atoms with Crippen LogP contribution in [0.4, 0.5) is 17.6 Å². The van der Waals surface area contributed by atoms with Gasteiger partial charge in [-0.25, -0.2) is 19.9 Å². The SMILES string of the molecule is CC(=O)N(c1cnc2c(nc3c(C)cccn32)c1C)c1nc2c(=O)[nH]c(N)nc2n1C1O[C@H](CO)[C@@H](O)[C@H]1O. The van der Waals surface area contributed by atoms with Gasteiger partial charge in [0.15, 0.2) is 23.0 Å². The molecule has 4 atom stereocenters. The van der Waals surface area contributed by atoms with E-state index < -0.39 is 42.6 Å². The number of aliphatic hydroxyl groups excluding tert-OH is 3. The number of rotatable bonds is 4. The molecule has 1 saturated heterocycles. The van der Waals surface area contributed by atoms with E-state index in [9.17, 15) is 24.9 Å². The van der Waals surface area contributed by atoms with Gasteiger partial charge < -0.3 is 25.8 Å². The standard InChI is InChI=1S/C24H25N9O6/c1-9-5-4-6-31-18(9)27-14-10(2)12(7-26-19(14)31)32(11(3)35)24-28-15-20(29-23(25)30-21(15)38)33(24)22-17(37)16(36)13(8-34)39-22/h4-7,13,16-17,22,34,36-37H,8H2,1-3H3,(H3,25,29,30,38)/t13-,16-,17-,22?/m1/s1. The molecule has 6 heterocycles. The van der Waals surface area contributed by atoms with Crippen molar-refractivity contribution in [1.82, 2.24) is 33.9 Å². The number of aromatic amines is 1. The van der Waals surface area contributed by atoms with Crippen LogP contribution in [0.5, 0.6) is 0 Å². The maximum Gasteiger partial charge on any atom is 0.280 e. The lowest BCUT2D eigenvalue weighted by atomic mass is 10.1. The summed E-state index contributed by atoms with van der Waals surface area (Å²) in [6, 6.07) is 3.81. The van der Waals surface area contributed by atoms with E-state index in [0.29, 0.717) is 28.1 Å². The van der Waals surface area contributed by atoms with Crippen LogP contribution in [-0.2, 0) is 9.53 Å². The van der Waals surface area contributed by atoms with Crippen molar-refractivity contribution < 1.29 is 24.9 Å². The van der Waals surface area contributed by atoms with Crippen LogP contribution >= 0.6 is 0 Å². The van der Waals surface area contributed by atoms with Crippen molar-refractivity contribution in [1.29, 1.82) is 0 Å². The summed E-state index contributed by atoms with van der Waals surface area (Å²) < 4.78 is 8.80. The lowest BCUT2D eigenvalue weighted by molar-refractivity contribution is -0.116. The molecule has 1 fully saturated rings. The second-order valence-corrected chi connectivity index (χ2v) is 9.43. The fraction of sp³-hybridized carbons (Fsp3) is 0.333. The van der Waals surface area contributed by atoms with E-state index in [0.717, 1.165) is 5.56 Å². The maximum atomic E-state index is 13.2. The summed E-state index contributed by atoms with van der Waals surface area (Å²) in [5.74, 6) is -0.882. The number of aliphatic hydroxyl groups is 3. The molecule has 5 aromatic heterocycles. The third-order valence-corrected chi connectivity index (χ3v) is 6.95. The van der Waals surface area contributed by atoms with E-state index in [1.54, 1.807) is 6.92 Å². The van der Waals surface area contributed by atoms with Crippen molar-refractivity contribution in [2.75, 3.05) is 17.2 Å². The minimum absolute atomic E-state index is 0.0950. The molecule has 1 amide bonds. The first-order chi connectivity index (χ1) is 18.6. The van der Waals surface area contributed by atoms with E-state index in [2.05, 4.69) is 19.9 Å². The van der Waals surface area contributed by atoms with Gasteiger partial charge in [-0.1, -0.05) is 6.07 Å². The van der Waals surface area contributed by atoms with Crippen molar-refractivity contribution in [2.45, 2.75) is 45.3 Å². The Labute approximate surface area is 219 Å². The van der Waals surface area contributed by atoms with Crippen molar-refractivity contribution in [3.63, 3.8) is 0 Å². The lowest BCUT2D eigenvalue weighted by Gasteiger charge is -2.26. The largest absolute Gasteiger partial charge is 0.394 e. The highest BCUT2D eigenvalue weighted by Gasteiger charge is 2.46. The van der Waals surface area contributed by atoms with Gasteiger partial charge in [0.05, 0.1) is 18.5 Å². The third kappa shape index (κ3) is 3.59. The molecule has 1 aliphatic rings. The fourth-order valence-electron chi connectivity index (χ4n) is 5.03. The van der Waals surface area contributed by atoms with Gasteiger partial charge in [0, 0.05) is 18.7 Å². The molecular formula is C24H25N9O6. The number of pyridine rings is 2. The molecule has 0 bridgehead atoms. The number of carbonyl (C=O) groups excluding carboxylic acids is 1. The number of ether oxygens (including phenoxy) is 1. The summed E-state index contributed by atoms with van der Waals surface area (Å²) in [7, 11) is 0. The van der Waals surface area contributed by atoms with Crippen LogP contribution in [0.25, 0.3) is 28.0 Å². The highest BCUT2D eigenvalue weighted by molar-refractivity contribution is 6.01. The number of hydrogen-bond donors (Lipinski definition) is 5. The molecule has 6 N–H and O–H groups in total. The predicted molar refractivity (Wildman–Crippen MR) is 138 cm³/mol. The number of aryl methyl sites for hydroxylation is 2. The summed E-state index contributed by atoms with van der Waals surface area (Å²) in [6.45, 7) is 4.42. The van der Waals surface area contributed by atoms with E-state index in [1.807, 2.05) is 29.7 Å². The number of amides is 1. The Bertz CT molecular complexity index is 1840. The summed E-state index contributed by atoms with van der Waals surface area (Å²) in [6.07, 6.45) is -2.20. The molecule has 0 spiro atoms. The number of nitrogen functional groups attached to an aromatic ring is 1. The summed E-state index contributed by atoms with van der Waals surface area (Å²) >= 11 is 0. The zero-order valence-electron chi connectivity index (χ0n) is 21.1. The Morgan fingerprint density at radius 2 is 1.92 bits per heavy atom. The number of nitrogens with two attached hydrogens (primary N) is 1. The minimum Gasteiger partial charge on any atom is -0.394 e. The Morgan fingerprint density at radius 1 is 1.15 bits per heavy atom. The van der Waals surface area contributed by atoms with Crippen LogP contribution in [0.1, 0.15) is 24.3 Å². The highest BCUT2D eigenvalue weighted by atomic mass is 16.6. The van der Waals surface area contributed by atoms with Crippen molar-refractivity contribution in [3.05, 3.63) is 46.0 Å². The first kappa shape index (κ1) is 24.9. The van der Waals surface area contributed by atoms with Crippen LogP contribution in [0.15, 0.2) is 29.3 Å². The number of aromatic nitrogens is 7. The molecule has 1 unspecified atom stereocenters. The lowest BCUT2D eigenvalue weighted by Crippen LogP contribution is -2.34. The Hall–Kier alpha value is -4.44. The quantitative estimate of drug-likeness (QED) is 0.204. The van der Waals surface area contributed by atoms with Crippen LogP contribution in [-0.4, -0.2) is 80.0 Å². The average Bonchev–Trinajstić information content (AvgIpc) is 3.54. The summed E-state index contributed by atoms with van der Waals surface area (Å²) in [4.78, 5) is 47.5. The van der Waals surface area contributed by atoms with Crippen LogP contribution < -0.4 is 16.2 Å². The molecule has 39 heavy (non-hydrogen) atoms. The van der Waals surface area contributed by atoms with E-state index >= 15 is 0 Å². The van der Waals surface area contributed by atoms with Crippen LogP contribution in [0, 0.1) is 13.8 Å². The molecular weight excluding hydrogens is 510 g/mol. The smallest absolute Gasteiger partial charge is 0.280 e. The van der Waals surface area contributed by atoms with E-state index in [4.69, 9.17) is 15.5 Å². The first-order valence-electron chi connectivity index (χ1n) is 12.1. The van der Waals surface area contributed by atoms with Gasteiger partial charge in [0.2, 0.25) is 17.8 Å². The minimum atomic E-state index is -1.56.